The number of fused-ring (bicyclic) bond motifs is 1. The number of phenolic OH excluding ortho intramolecular Hbond substituents is 1. The molecule has 1 unspecified atom stereocenters. The number of anilines is 3. The Bertz CT molecular complexity index is 1100. The first-order valence-corrected chi connectivity index (χ1v) is 9.03. The lowest BCUT2D eigenvalue weighted by atomic mass is 10.1. The second kappa shape index (κ2) is 7.23. The molecule has 2 aromatic carbocycles. The molecular formula is C21H19N5O3. The maximum atomic E-state index is 12.6. The van der Waals surface area contributed by atoms with Crippen LogP contribution in [0.1, 0.15) is 17.3 Å². The Morgan fingerprint density at radius 3 is 2.66 bits per heavy atom. The number of amides is 2. The second-order valence-corrected chi connectivity index (χ2v) is 6.81. The van der Waals surface area contributed by atoms with Gasteiger partial charge in [0.2, 0.25) is 5.91 Å². The van der Waals surface area contributed by atoms with Crippen molar-refractivity contribution >= 4 is 28.9 Å². The summed E-state index contributed by atoms with van der Waals surface area (Å²) in [6, 6.07) is 11.5. The van der Waals surface area contributed by atoms with Crippen molar-refractivity contribution in [3.63, 3.8) is 0 Å². The minimum atomic E-state index is -0.336. The van der Waals surface area contributed by atoms with Gasteiger partial charge in [0.25, 0.3) is 5.91 Å². The fraction of sp³-hybridized carbons (Fsp3) is 0.143. The van der Waals surface area contributed by atoms with E-state index < -0.39 is 0 Å². The summed E-state index contributed by atoms with van der Waals surface area (Å²) in [6.45, 7) is 1.82. The molecule has 1 atom stereocenters. The monoisotopic (exact) mass is 389 g/mol. The first-order valence-electron chi connectivity index (χ1n) is 9.03. The summed E-state index contributed by atoms with van der Waals surface area (Å²) in [7, 11) is 1.84. The van der Waals surface area contributed by atoms with Gasteiger partial charge in [0.05, 0.1) is 29.5 Å². The summed E-state index contributed by atoms with van der Waals surface area (Å²) in [5.41, 5.74) is 2.97. The Labute approximate surface area is 167 Å². The van der Waals surface area contributed by atoms with Crippen molar-refractivity contribution in [3.8, 4) is 17.1 Å². The lowest BCUT2D eigenvalue weighted by Gasteiger charge is -2.33. The fourth-order valence-corrected chi connectivity index (χ4v) is 3.10. The zero-order valence-electron chi connectivity index (χ0n) is 15.9. The van der Waals surface area contributed by atoms with E-state index in [0.29, 0.717) is 28.3 Å². The van der Waals surface area contributed by atoms with E-state index in [4.69, 9.17) is 0 Å². The van der Waals surface area contributed by atoms with Crippen molar-refractivity contribution in [3.05, 3.63) is 60.4 Å². The molecule has 1 aromatic heterocycles. The highest BCUT2D eigenvalue weighted by Crippen LogP contribution is 2.32. The van der Waals surface area contributed by atoms with Crippen LogP contribution in [-0.4, -0.2) is 40.0 Å². The third-order valence-electron chi connectivity index (χ3n) is 4.87. The summed E-state index contributed by atoms with van der Waals surface area (Å²) in [6.07, 6.45) is 3.00. The molecule has 3 aromatic rings. The van der Waals surface area contributed by atoms with Crippen LogP contribution in [0.4, 0.5) is 17.1 Å². The number of hydrogen-bond donors (Lipinski definition) is 3. The lowest BCUT2D eigenvalue weighted by molar-refractivity contribution is -0.117. The highest BCUT2D eigenvalue weighted by molar-refractivity contribution is 6.08. The van der Waals surface area contributed by atoms with Crippen molar-refractivity contribution in [1.82, 2.24) is 9.97 Å². The Balaban J connectivity index is 1.51. The number of aromatic nitrogens is 2. The number of nitrogens with one attached hydrogen (secondary N) is 2. The van der Waals surface area contributed by atoms with Crippen molar-refractivity contribution in [1.29, 1.82) is 0 Å². The highest BCUT2D eigenvalue weighted by Gasteiger charge is 2.27. The number of carbonyl (C=O) groups excluding carboxylic acids is 2. The van der Waals surface area contributed by atoms with Crippen LogP contribution < -0.4 is 15.5 Å². The molecule has 0 spiro atoms. The molecule has 0 aliphatic carbocycles. The molecule has 2 amide bonds. The quantitative estimate of drug-likeness (QED) is 0.636. The maximum absolute atomic E-state index is 12.6. The molecule has 0 radical (unpaired) electrons. The van der Waals surface area contributed by atoms with Crippen molar-refractivity contribution in [2.24, 2.45) is 0 Å². The van der Waals surface area contributed by atoms with Gasteiger partial charge in [-0.2, -0.15) is 0 Å². The number of likely N-dealkylation sites (N-methyl/N-ethyl adjacent to an activating group) is 1. The molecule has 8 heteroatoms. The first-order chi connectivity index (χ1) is 13.9. The molecule has 4 rings (SSSR count). The van der Waals surface area contributed by atoms with Gasteiger partial charge in [0, 0.05) is 18.2 Å². The number of benzene rings is 2. The molecule has 0 bridgehead atoms. The topological polar surface area (TPSA) is 107 Å². The van der Waals surface area contributed by atoms with Crippen LogP contribution in [0.5, 0.6) is 5.75 Å². The van der Waals surface area contributed by atoms with E-state index >= 15 is 0 Å². The molecule has 0 saturated carbocycles. The van der Waals surface area contributed by atoms with Gasteiger partial charge in [-0.25, -0.2) is 9.97 Å². The van der Waals surface area contributed by atoms with Gasteiger partial charge < -0.3 is 20.6 Å². The van der Waals surface area contributed by atoms with Crippen molar-refractivity contribution < 1.29 is 14.7 Å². The van der Waals surface area contributed by atoms with Gasteiger partial charge in [0.15, 0.2) is 5.82 Å². The summed E-state index contributed by atoms with van der Waals surface area (Å²) < 4.78 is 0. The Kier molecular flexibility index (Phi) is 4.59. The van der Waals surface area contributed by atoms with E-state index in [-0.39, 0.29) is 23.6 Å². The van der Waals surface area contributed by atoms with Gasteiger partial charge >= 0.3 is 0 Å². The molecule has 1 aliphatic heterocycles. The SMILES string of the molecule is CC1C(=O)Nc2cc(C(=O)Nc3cnc(-c4cccc(O)c4)nc3)ccc2N1C. The number of carbonyl (C=O) groups is 2. The zero-order valence-corrected chi connectivity index (χ0v) is 15.9. The molecular weight excluding hydrogens is 370 g/mol. The number of hydrogen-bond acceptors (Lipinski definition) is 6. The van der Waals surface area contributed by atoms with Gasteiger partial charge in [-0.3, -0.25) is 9.59 Å². The summed E-state index contributed by atoms with van der Waals surface area (Å²) >= 11 is 0. The minimum Gasteiger partial charge on any atom is -0.508 e. The second-order valence-electron chi connectivity index (χ2n) is 6.81. The Morgan fingerprint density at radius 1 is 1.17 bits per heavy atom. The largest absolute Gasteiger partial charge is 0.508 e. The third-order valence-corrected chi connectivity index (χ3v) is 4.87. The number of nitrogens with zero attached hydrogens (tertiary/aromatic N) is 3. The van der Waals surface area contributed by atoms with Crippen LogP contribution in [0.2, 0.25) is 0 Å². The molecule has 1 aliphatic rings. The van der Waals surface area contributed by atoms with Crippen LogP contribution in [0, 0.1) is 0 Å². The van der Waals surface area contributed by atoms with E-state index in [0.717, 1.165) is 5.69 Å². The third kappa shape index (κ3) is 3.60. The van der Waals surface area contributed by atoms with Crippen LogP contribution >= 0.6 is 0 Å². The van der Waals surface area contributed by atoms with E-state index in [9.17, 15) is 14.7 Å². The van der Waals surface area contributed by atoms with Crippen LogP contribution in [0.25, 0.3) is 11.4 Å². The molecule has 2 heterocycles. The van der Waals surface area contributed by atoms with Gasteiger partial charge in [-0.05, 0) is 37.3 Å². The van der Waals surface area contributed by atoms with Crippen molar-refractivity contribution in [2.75, 3.05) is 22.6 Å². The average molecular weight is 389 g/mol. The molecule has 8 nitrogen and oxygen atoms in total. The average Bonchev–Trinajstić information content (AvgIpc) is 2.72. The summed E-state index contributed by atoms with van der Waals surface area (Å²) in [4.78, 5) is 35.0. The van der Waals surface area contributed by atoms with E-state index in [1.165, 1.54) is 12.4 Å². The lowest BCUT2D eigenvalue weighted by Crippen LogP contribution is -2.43. The van der Waals surface area contributed by atoms with Crippen LogP contribution in [0.15, 0.2) is 54.9 Å². The molecule has 0 fully saturated rings. The number of rotatable bonds is 3. The standard InChI is InChI=1S/C21H19N5O3/c1-12-20(28)25-17-9-14(6-7-18(17)26(12)2)21(29)24-15-10-22-19(23-11-15)13-4-3-5-16(27)8-13/h3-12,27H,1-2H3,(H,24,29)(H,25,28). The predicted octanol–water partition coefficient (Wildman–Crippen LogP) is 2.88. The van der Waals surface area contributed by atoms with Crippen LogP contribution in [-0.2, 0) is 4.79 Å². The number of aromatic hydroxyl groups is 1. The van der Waals surface area contributed by atoms with Gasteiger partial charge in [-0.15, -0.1) is 0 Å². The predicted molar refractivity (Wildman–Crippen MR) is 110 cm³/mol. The molecule has 3 N–H and O–H groups in total. The van der Waals surface area contributed by atoms with E-state index in [1.807, 2.05) is 24.9 Å². The maximum Gasteiger partial charge on any atom is 0.255 e. The smallest absolute Gasteiger partial charge is 0.255 e. The molecule has 146 valence electrons. The van der Waals surface area contributed by atoms with E-state index in [2.05, 4.69) is 20.6 Å². The zero-order chi connectivity index (χ0) is 20.5. The molecule has 29 heavy (non-hydrogen) atoms. The van der Waals surface area contributed by atoms with Gasteiger partial charge in [-0.1, -0.05) is 12.1 Å². The molecule has 0 saturated heterocycles. The summed E-state index contributed by atoms with van der Waals surface area (Å²) in [5, 5.41) is 15.1. The van der Waals surface area contributed by atoms with Crippen molar-refractivity contribution in [2.45, 2.75) is 13.0 Å². The van der Waals surface area contributed by atoms with Crippen LogP contribution in [0.3, 0.4) is 0 Å². The Hall–Kier alpha value is -3.94. The first kappa shape index (κ1) is 18.4. The highest BCUT2D eigenvalue weighted by atomic mass is 16.3. The minimum absolute atomic E-state index is 0.117. The fourth-order valence-electron chi connectivity index (χ4n) is 3.10. The normalized spacial score (nSPS) is 15.4. The van der Waals surface area contributed by atoms with Gasteiger partial charge in [0.1, 0.15) is 11.8 Å². The van der Waals surface area contributed by atoms with E-state index in [1.54, 1.807) is 36.4 Å². The Morgan fingerprint density at radius 2 is 1.93 bits per heavy atom. The summed E-state index contributed by atoms with van der Waals surface area (Å²) in [5.74, 6) is 0.112. The number of phenols is 1.